The molecule has 0 unspecified atom stereocenters. The molecule has 26 heavy (non-hydrogen) atoms. The molecule has 1 fully saturated rings. The van der Waals surface area contributed by atoms with Crippen LogP contribution < -0.4 is 4.90 Å². The van der Waals surface area contributed by atoms with Crippen LogP contribution in [0.2, 0.25) is 0 Å². The number of amides is 2. The maximum Gasteiger partial charge on any atom is 0.275 e. The van der Waals surface area contributed by atoms with Crippen LogP contribution >= 0.6 is 0 Å². The van der Waals surface area contributed by atoms with Crippen molar-refractivity contribution in [3.63, 3.8) is 0 Å². The van der Waals surface area contributed by atoms with E-state index in [0.717, 1.165) is 19.2 Å². The number of carbonyl (C=O) groups is 2. The molecule has 0 aromatic heterocycles. The minimum Gasteiger partial charge on any atom is -0.337 e. The van der Waals surface area contributed by atoms with E-state index < -0.39 is 18.3 Å². The van der Waals surface area contributed by atoms with E-state index in [1.165, 1.54) is 11.8 Å². The van der Waals surface area contributed by atoms with Crippen LogP contribution in [0.5, 0.6) is 0 Å². The van der Waals surface area contributed by atoms with E-state index >= 15 is 0 Å². The second-order valence-electron chi connectivity index (χ2n) is 6.83. The van der Waals surface area contributed by atoms with Gasteiger partial charge in [-0.05, 0) is 13.1 Å². The minimum atomic E-state index is -3.18. The molecule has 2 heterocycles. The number of carbonyl (C=O) groups excluding carboxylic acids is 2. The number of alkyl halides is 2. The molecule has 1 aromatic rings. The summed E-state index contributed by atoms with van der Waals surface area (Å²) in [4.78, 5) is 29.6. The molecule has 0 N–H and O–H groups in total. The number of allylic oxidation sites excluding steroid dienone is 1. The van der Waals surface area contributed by atoms with E-state index in [0.29, 0.717) is 18.8 Å². The second kappa shape index (κ2) is 7.15. The van der Waals surface area contributed by atoms with Crippen molar-refractivity contribution in [1.82, 2.24) is 9.80 Å². The van der Waals surface area contributed by atoms with Crippen molar-refractivity contribution in [2.75, 3.05) is 44.7 Å². The summed E-state index contributed by atoms with van der Waals surface area (Å²) in [7, 11) is 1.96. The fourth-order valence-electron chi connectivity index (χ4n) is 3.39. The first kappa shape index (κ1) is 18.5. The highest BCUT2D eigenvalue weighted by Gasteiger charge is 2.41. The highest BCUT2D eigenvalue weighted by molar-refractivity contribution is 6.01. The monoisotopic (exact) mass is 363 g/mol. The number of piperazine rings is 1. The Labute approximate surface area is 151 Å². The van der Waals surface area contributed by atoms with Gasteiger partial charge in [-0.3, -0.25) is 9.59 Å². The predicted molar refractivity (Wildman–Crippen MR) is 96.1 cm³/mol. The number of halogens is 2. The third-order valence-electron chi connectivity index (χ3n) is 4.99. The van der Waals surface area contributed by atoms with Crippen molar-refractivity contribution >= 4 is 23.1 Å². The number of likely N-dealkylation sites (N-methyl/N-ethyl adjacent to an activating group) is 1. The molecule has 2 aliphatic rings. The lowest BCUT2D eigenvalue weighted by Gasteiger charge is -2.32. The molecule has 3 rings (SSSR count). The fourth-order valence-corrected chi connectivity index (χ4v) is 3.39. The van der Waals surface area contributed by atoms with Crippen molar-refractivity contribution in [2.24, 2.45) is 0 Å². The Hall–Kier alpha value is -2.28. The number of para-hydroxylation sites is 1. The number of nitrogens with zero attached hydrogens (tertiary/aromatic N) is 3. The fraction of sp³-hybridized carbons (Fsp3) is 0.474. The van der Waals surface area contributed by atoms with Crippen molar-refractivity contribution in [2.45, 2.75) is 19.3 Å². The number of benzene rings is 1. The Morgan fingerprint density at radius 3 is 2.38 bits per heavy atom. The van der Waals surface area contributed by atoms with E-state index in [9.17, 15) is 18.4 Å². The summed E-state index contributed by atoms with van der Waals surface area (Å²) in [5, 5.41) is 0. The SMILES string of the molecule is CC(=O)N1CCC(F)(F)/C(=C\C(=O)N2CCN(C)CC2)c2ccccc21. The van der Waals surface area contributed by atoms with Crippen LogP contribution in [0.1, 0.15) is 18.9 Å². The lowest BCUT2D eigenvalue weighted by molar-refractivity contribution is -0.127. The topological polar surface area (TPSA) is 43.9 Å². The van der Waals surface area contributed by atoms with E-state index in [1.807, 2.05) is 7.05 Å². The van der Waals surface area contributed by atoms with Crippen molar-refractivity contribution in [1.29, 1.82) is 0 Å². The Morgan fingerprint density at radius 1 is 1.08 bits per heavy atom. The molecule has 1 saturated heterocycles. The molecule has 0 aliphatic carbocycles. The van der Waals surface area contributed by atoms with Gasteiger partial charge in [0.25, 0.3) is 5.92 Å². The summed E-state index contributed by atoms with van der Waals surface area (Å²) in [6.45, 7) is 3.76. The standard InChI is InChI=1S/C19H23F2N3O2/c1-14(25)24-8-7-19(20,21)16(15-5-3-4-6-17(15)24)13-18(26)23-11-9-22(2)10-12-23/h3-6,13H,7-12H2,1-2H3/b16-13-. The predicted octanol–water partition coefficient (Wildman–Crippen LogP) is 2.24. The van der Waals surface area contributed by atoms with Gasteiger partial charge in [0.15, 0.2) is 0 Å². The zero-order valence-corrected chi connectivity index (χ0v) is 15.0. The normalized spacial score (nSPS) is 22.1. The van der Waals surface area contributed by atoms with Gasteiger partial charge in [-0.1, -0.05) is 18.2 Å². The van der Waals surface area contributed by atoms with Gasteiger partial charge in [0.05, 0.1) is 5.69 Å². The smallest absolute Gasteiger partial charge is 0.275 e. The van der Waals surface area contributed by atoms with Crippen LogP contribution in [0.4, 0.5) is 14.5 Å². The van der Waals surface area contributed by atoms with Gasteiger partial charge in [0.2, 0.25) is 11.8 Å². The molecule has 0 spiro atoms. The van der Waals surface area contributed by atoms with Crippen molar-refractivity contribution in [3.05, 3.63) is 35.9 Å². The number of fused-ring (bicyclic) bond motifs is 1. The first-order valence-corrected chi connectivity index (χ1v) is 8.74. The number of hydrogen-bond donors (Lipinski definition) is 0. The Balaban J connectivity index is 2.01. The molecule has 140 valence electrons. The lowest BCUT2D eigenvalue weighted by atomic mass is 9.96. The number of hydrogen-bond acceptors (Lipinski definition) is 3. The Bertz CT molecular complexity index is 740. The maximum absolute atomic E-state index is 14.8. The lowest BCUT2D eigenvalue weighted by Crippen LogP contribution is -2.46. The third kappa shape index (κ3) is 3.62. The van der Waals surface area contributed by atoms with Crippen LogP contribution in [0.15, 0.2) is 30.3 Å². The summed E-state index contributed by atoms with van der Waals surface area (Å²) in [5.74, 6) is -3.87. The molecule has 0 bridgehead atoms. The number of rotatable bonds is 1. The average molecular weight is 363 g/mol. The molecule has 0 atom stereocenters. The molecule has 2 amide bonds. The van der Waals surface area contributed by atoms with Crippen LogP contribution in [0.25, 0.3) is 5.57 Å². The van der Waals surface area contributed by atoms with Gasteiger partial charge in [0, 0.05) is 63.3 Å². The second-order valence-corrected chi connectivity index (χ2v) is 6.83. The zero-order chi connectivity index (χ0) is 18.9. The molecule has 0 radical (unpaired) electrons. The molecule has 1 aromatic carbocycles. The first-order valence-electron chi connectivity index (χ1n) is 8.74. The molecule has 0 saturated carbocycles. The van der Waals surface area contributed by atoms with Gasteiger partial charge < -0.3 is 14.7 Å². The van der Waals surface area contributed by atoms with E-state index in [4.69, 9.17) is 0 Å². The maximum atomic E-state index is 14.8. The largest absolute Gasteiger partial charge is 0.337 e. The Kier molecular flexibility index (Phi) is 5.09. The van der Waals surface area contributed by atoms with Gasteiger partial charge in [-0.2, -0.15) is 0 Å². The number of anilines is 1. The van der Waals surface area contributed by atoms with Gasteiger partial charge in [0.1, 0.15) is 0 Å². The zero-order valence-electron chi connectivity index (χ0n) is 15.0. The molecule has 2 aliphatic heterocycles. The summed E-state index contributed by atoms with van der Waals surface area (Å²) in [6.07, 6.45) is 0.552. The van der Waals surface area contributed by atoms with Crippen LogP contribution in [-0.2, 0) is 9.59 Å². The van der Waals surface area contributed by atoms with E-state index in [2.05, 4.69) is 4.90 Å². The molecular formula is C19H23F2N3O2. The Morgan fingerprint density at radius 2 is 1.73 bits per heavy atom. The average Bonchev–Trinajstić information content (AvgIpc) is 2.70. The van der Waals surface area contributed by atoms with Crippen LogP contribution in [0.3, 0.4) is 0 Å². The summed E-state index contributed by atoms with van der Waals surface area (Å²) < 4.78 is 29.7. The summed E-state index contributed by atoms with van der Waals surface area (Å²) >= 11 is 0. The van der Waals surface area contributed by atoms with Gasteiger partial charge in [-0.25, -0.2) is 8.78 Å². The summed E-state index contributed by atoms with van der Waals surface area (Å²) in [6, 6.07) is 6.55. The third-order valence-corrected chi connectivity index (χ3v) is 4.99. The first-order chi connectivity index (χ1) is 12.3. The van der Waals surface area contributed by atoms with Crippen molar-refractivity contribution < 1.29 is 18.4 Å². The van der Waals surface area contributed by atoms with Crippen molar-refractivity contribution in [3.8, 4) is 0 Å². The van der Waals surface area contributed by atoms with Crippen LogP contribution in [-0.4, -0.2) is 67.3 Å². The van der Waals surface area contributed by atoms with E-state index in [-0.39, 0.29) is 23.6 Å². The van der Waals surface area contributed by atoms with Gasteiger partial charge in [-0.15, -0.1) is 0 Å². The quantitative estimate of drug-likeness (QED) is 0.719. The molecule has 5 nitrogen and oxygen atoms in total. The molecule has 7 heteroatoms. The minimum absolute atomic E-state index is 0.0839. The van der Waals surface area contributed by atoms with Crippen LogP contribution in [0, 0.1) is 0 Å². The van der Waals surface area contributed by atoms with Gasteiger partial charge >= 0.3 is 0 Å². The highest BCUT2D eigenvalue weighted by atomic mass is 19.3. The van der Waals surface area contributed by atoms with E-state index in [1.54, 1.807) is 29.2 Å². The summed E-state index contributed by atoms with van der Waals surface area (Å²) in [5.41, 5.74) is 0.364. The highest BCUT2D eigenvalue weighted by Crippen LogP contribution is 2.43. The molecular weight excluding hydrogens is 340 g/mol.